The first-order chi connectivity index (χ1) is 69.5. The van der Waals surface area contributed by atoms with Gasteiger partial charge in [-0.25, -0.2) is 0 Å². The lowest BCUT2D eigenvalue weighted by Gasteiger charge is -2.29. The number of fused-ring (bicyclic) bond motifs is 15. The number of hydrogen-bond acceptors (Lipinski definition) is 4. The molecule has 0 aliphatic carbocycles. The van der Waals surface area contributed by atoms with Crippen LogP contribution in [0.1, 0.15) is 0 Å². The largest absolute Gasteiger partial charge is 0.455 e. The van der Waals surface area contributed by atoms with E-state index in [0.717, 1.165) is 128 Å². The smallest absolute Gasteiger partial charge is 0.143 e. The van der Waals surface area contributed by atoms with Crippen LogP contribution >= 0.6 is 0 Å². The molecule has 0 N–H and O–H groups in total. The average Bonchev–Trinajstić information content (AvgIpc) is 1.59. The van der Waals surface area contributed by atoms with Crippen molar-refractivity contribution in [1.82, 2.24) is 9.13 Å². The Morgan fingerprint density at radius 1 is 0.150 bits per heavy atom. The van der Waals surface area contributed by atoms with Crippen molar-refractivity contribution in [2.24, 2.45) is 0 Å². The molecule has 0 amide bonds. The SMILES string of the molecule is c1ccc(-c2ccccc2-c2ccccc2N(c2ccc(-c3ccccc3-c3ccccc3-n3c4ccccc4c4ccccc43)cc2)c2ccc(-c3cccc4c3oc3ccccc34)cc2)cc1.c1ccc(-c2ccccc2-n2c3ccccc3c3ccccc32)c(-c2ccc(N(c3ccc(-c4ccc5c(ccc6ccccc65)c4)cc3)c3ccc(-c4cccc5c4oc4ccccc45)cc3)cc2)c1. The summed E-state index contributed by atoms with van der Waals surface area (Å²) in [7, 11) is 0. The molecule has 0 saturated carbocycles. The second-order valence-electron chi connectivity index (χ2n) is 36.0. The van der Waals surface area contributed by atoms with Crippen molar-refractivity contribution >= 4 is 143 Å². The number of para-hydroxylation sites is 11. The van der Waals surface area contributed by atoms with E-state index in [1.165, 1.54) is 126 Å². The van der Waals surface area contributed by atoms with Crippen molar-refractivity contribution in [3.8, 4) is 112 Å². The molecule has 23 aromatic carbocycles. The standard InChI is InChI=1S/C68H44N2O.C66H44N2O/c1-2-15-54-46(14-1)28-29-50-44-49(36-43-56(50)54)45-30-37-51(38-31-45)69(53-41-34-48(35-42-53)57-22-13-23-63-62-21-8-12-27-67(62)71-68(57)63)52-39-32-47(33-40-52)55-16-3-4-17-58(55)59-18-5-9-24-64(59)70-65-25-10-6-19-60(65)61-20-7-11-26-66(61)70;1-2-19-45(20-3-1)50-21-4-6-23-53(50)55-25-8-13-32-61(55)67(49-43-39-47(40-44-49)52-30-18-31-60-59-29-12-17-36-65(59)69-66(52)60)48-41-37-46(38-42-48)51-22-5-7-24-54(51)56-26-9-14-33-62(56)68-63-34-15-10-27-57(63)58-28-11-16-35-64(58)68/h1-44H;1-44H. The first kappa shape index (κ1) is 82.1. The van der Waals surface area contributed by atoms with Gasteiger partial charge in [-0.1, -0.05) is 413 Å². The second kappa shape index (κ2) is 35.0. The maximum absolute atomic E-state index is 6.50. The van der Waals surface area contributed by atoms with Gasteiger partial charge >= 0.3 is 0 Å². The number of rotatable bonds is 17. The van der Waals surface area contributed by atoms with Crippen LogP contribution in [0.5, 0.6) is 0 Å². The number of anilines is 6. The third kappa shape index (κ3) is 14.4. The molecule has 0 unspecified atom stereocenters. The van der Waals surface area contributed by atoms with Gasteiger partial charge in [0.25, 0.3) is 0 Å². The Labute approximate surface area is 810 Å². The zero-order chi connectivity index (χ0) is 92.5. The molecule has 0 radical (unpaired) electrons. The minimum Gasteiger partial charge on any atom is -0.455 e. The monoisotopic (exact) mass is 1780 g/mol. The molecule has 27 aromatic rings. The van der Waals surface area contributed by atoms with Crippen LogP contribution in [0.15, 0.2) is 543 Å². The van der Waals surface area contributed by atoms with E-state index in [9.17, 15) is 0 Å². The lowest BCUT2D eigenvalue weighted by Crippen LogP contribution is -2.11. The van der Waals surface area contributed by atoms with Crippen molar-refractivity contribution in [3.05, 3.63) is 534 Å². The third-order valence-corrected chi connectivity index (χ3v) is 28.1. The Hall–Kier alpha value is -18.6. The maximum Gasteiger partial charge on any atom is 0.143 e. The fraction of sp³-hybridized carbons (Fsp3) is 0. The van der Waals surface area contributed by atoms with E-state index < -0.39 is 0 Å². The molecule has 0 saturated heterocycles. The molecular formula is C134H88N4O2. The van der Waals surface area contributed by atoms with E-state index in [1.807, 2.05) is 24.3 Å². The van der Waals surface area contributed by atoms with Gasteiger partial charge in [0.2, 0.25) is 0 Å². The molecule has 0 aliphatic heterocycles. The Balaban J connectivity index is 0.000000144. The molecule has 6 nitrogen and oxygen atoms in total. The van der Waals surface area contributed by atoms with Crippen LogP contribution < -0.4 is 9.80 Å². The predicted molar refractivity (Wildman–Crippen MR) is 589 cm³/mol. The van der Waals surface area contributed by atoms with Gasteiger partial charge in [-0.2, -0.15) is 0 Å². The van der Waals surface area contributed by atoms with Gasteiger partial charge in [0.05, 0.1) is 39.1 Å². The van der Waals surface area contributed by atoms with Crippen LogP contribution in [0, 0.1) is 0 Å². The van der Waals surface area contributed by atoms with Gasteiger partial charge in [-0.05, 0) is 215 Å². The molecule has 27 rings (SSSR count). The first-order valence-corrected chi connectivity index (χ1v) is 47.9. The van der Waals surface area contributed by atoms with E-state index in [0.29, 0.717) is 0 Å². The zero-order valence-electron chi connectivity index (χ0n) is 76.4. The highest BCUT2D eigenvalue weighted by molar-refractivity contribution is 6.15. The molecule has 656 valence electrons. The molecule has 6 heteroatoms. The van der Waals surface area contributed by atoms with Gasteiger partial charge in [0.1, 0.15) is 22.3 Å². The fourth-order valence-electron chi connectivity index (χ4n) is 21.6. The molecule has 0 atom stereocenters. The third-order valence-electron chi connectivity index (χ3n) is 28.1. The predicted octanol–water partition coefficient (Wildman–Crippen LogP) is 37.6. The minimum absolute atomic E-state index is 0.897. The van der Waals surface area contributed by atoms with Gasteiger partial charge in [0, 0.05) is 99.3 Å². The van der Waals surface area contributed by atoms with Crippen molar-refractivity contribution in [3.63, 3.8) is 0 Å². The summed E-state index contributed by atoms with van der Waals surface area (Å²) in [4.78, 5) is 4.75. The highest BCUT2D eigenvalue weighted by Crippen LogP contribution is 2.50. The number of benzene rings is 23. The maximum atomic E-state index is 6.50. The molecule has 4 heterocycles. The molecule has 0 spiro atoms. The highest BCUT2D eigenvalue weighted by Gasteiger charge is 2.26. The van der Waals surface area contributed by atoms with Crippen LogP contribution in [0.4, 0.5) is 34.1 Å². The lowest BCUT2D eigenvalue weighted by atomic mass is 9.92. The second-order valence-corrected chi connectivity index (χ2v) is 36.0. The van der Waals surface area contributed by atoms with E-state index in [4.69, 9.17) is 8.83 Å². The molecule has 0 bridgehead atoms. The quantitative estimate of drug-likeness (QED) is 0.0852. The van der Waals surface area contributed by atoms with Crippen LogP contribution in [0.25, 0.3) is 221 Å². The number of hydrogen-bond donors (Lipinski definition) is 0. The summed E-state index contributed by atoms with van der Waals surface area (Å²) >= 11 is 0. The normalized spacial score (nSPS) is 11.6. The summed E-state index contributed by atoms with van der Waals surface area (Å²) in [6.45, 7) is 0. The fourth-order valence-corrected chi connectivity index (χ4v) is 21.6. The van der Waals surface area contributed by atoms with Gasteiger partial charge in [-0.15, -0.1) is 0 Å². The van der Waals surface area contributed by atoms with E-state index in [-0.39, 0.29) is 0 Å². The van der Waals surface area contributed by atoms with Crippen molar-refractivity contribution < 1.29 is 8.83 Å². The zero-order valence-corrected chi connectivity index (χ0v) is 76.4. The van der Waals surface area contributed by atoms with E-state index >= 15 is 0 Å². The van der Waals surface area contributed by atoms with Crippen molar-refractivity contribution in [2.45, 2.75) is 0 Å². The van der Waals surface area contributed by atoms with Crippen LogP contribution in [0.3, 0.4) is 0 Å². The molecule has 4 aromatic heterocycles. The Bertz CT molecular complexity index is 9320. The molecule has 140 heavy (non-hydrogen) atoms. The van der Waals surface area contributed by atoms with E-state index in [2.05, 4.69) is 529 Å². The highest BCUT2D eigenvalue weighted by atomic mass is 16.3. The van der Waals surface area contributed by atoms with Crippen molar-refractivity contribution in [1.29, 1.82) is 0 Å². The molecule has 0 fully saturated rings. The van der Waals surface area contributed by atoms with Gasteiger partial charge < -0.3 is 27.8 Å². The minimum atomic E-state index is 0.897. The Morgan fingerprint density at radius 2 is 0.436 bits per heavy atom. The van der Waals surface area contributed by atoms with Gasteiger partial charge in [-0.3, -0.25) is 0 Å². The summed E-state index contributed by atoms with van der Waals surface area (Å²) in [5, 5.41) is 14.6. The number of aromatic nitrogens is 2. The summed E-state index contributed by atoms with van der Waals surface area (Å²) in [5.41, 5.74) is 37.8. The van der Waals surface area contributed by atoms with Crippen molar-refractivity contribution in [2.75, 3.05) is 9.80 Å². The molecular weight excluding hydrogens is 1700 g/mol. The Kier molecular flexibility index (Phi) is 20.5. The topological polar surface area (TPSA) is 42.6 Å². The summed E-state index contributed by atoms with van der Waals surface area (Å²) in [6, 6.07) is 193. The summed E-state index contributed by atoms with van der Waals surface area (Å²) in [6.07, 6.45) is 0. The van der Waals surface area contributed by atoms with E-state index in [1.54, 1.807) is 0 Å². The van der Waals surface area contributed by atoms with Crippen LogP contribution in [-0.2, 0) is 0 Å². The lowest BCUT2D eigenvalue weighted by molar-refractivity contribution is 0.669. The summed E-state index contributed by atoms with van der Waals surface area (Å²) in [5.74, 6) is 0. The Morgan fingerprint density at radius 3 is 0.879 bits per heavy atom. The van der Waals surface area contributed by atoms with Crippen LogP contribution in [0.2, 0.25) is 0 Å². The summed E-state index contributed by atoms with van der Waals surface area (Å²) < 4.78 is 17.8. The van der Waals surface area contributed by atoms with Gasteiger partial charge in [0.15, 0.2) is 0 Å². The molecule has 0 aliphatic rings. The number of nitrogens with zero attached hydrogens (tertiary/aromatic N) is 4. The average molecular weight is 1790 g/mol. The van der Waals surface area contributed by atoms with Crippen LogP contribution in [-0.4, -0.2) is 9.13 Å². The number of furan rings is 2. The first-order valence-electron chi connectivity index (χ1n) is 47.9.